The Hall–Kier alpha value is -7.01. The average molecular weight is 625 g/mol. The minimum absolute atomic E-state index is 0.580. The van der Waals surface area contributed by atoms with E-state index in [4.69, 9.17) is 4.98 Å². The first-order valence-electron chi connectivity index (χ1n) is 16.1. The van der Waals surface area contributed by atoms with Crippen LogP contribution in [0.2, 0.25) is 0 Å². The van der Waals surface area contributed by atoms with Crippen LogP contribution in [-0.4, -0.2) is 9.97 Å². The molecule has 1 aromatic heterocycles. The highest BCUT2D eigenvalue weighted by molar-refractivity contribution is 5.98. The molecule has 4 heteroatoms. The number of nitriles is 2. The van der Waals surface area contributed by atoms with Crippen LogP contribution in [0.4, 0.5) is 0 Å². The topological polar surface area (TPSA) is 76.3 Å². The molecule has 49 heavy (non-hydrogen) atoms. The molecule has 228 valence electrons. The molecular weight excluding hydrogens is 597 g/mol. The van der Waals surface area contributed by atoms with Gasteiger partial charge in [0.1, 0.15) is 0 Å². The summed E-state index contributed by atoms with van der Waals surface area (Å²) in [7, 11) is 0. The van der Waals surface area contributed by atoms with E-state index in [1.54, 1.807) is 0 Å². The van der Waals surface area contributed by atoms with Gasteiger partial charge in [-0.3, -0.25) is 0 Å². The largest absolute Gasteiger partial charge is 0.359 e. The number of H-pyrrole nitrogens is 1. The summed E-state index contributed by atoms with van der Waals surface area (Å²) in [5.74, 6) is 0. The number of aromatic nitrogens is 2. The van der Waals surface area contributed by atoms with Crippen LogP contribution >= 0.6 is 0 Å². The number of benzene rings is 6. The van der Waals surface area contributed by atoms with Crippen molar-refractivity contribution in [3.63, 3.8) is 0 Å². The fraction of sp³-hybridized carbons (Fsp3) is 0. The van der Waals surface area contributed by atoms with E-state index in [1.807, 2.05) is 73.0 Å². The third-order valence-corrected chi connectivity index (χ3v) is 8.98. The zero-order valence-corrected chi connectivity index (χ0v) is 26.4. The number of allylic oxidation sites excluding steroid dienone is 2. The van der Waals surface area contributed by atoms with Gasteiger partial charge in [0.05, 0.1) is 40.3 Å². The maximum atomic E-state index is 9.45. The molecule has 0 atom stereocenters. The lowest BCUT2D eigenvalue weighted by Gasteiger charge is -2.10. The molecule has 1 heterocycles. The van der Waals surface area contributed by atoms with E-state index in [9.17, 15) is 10.5 Å². The molecule has 1 aliphatic carbocycles. The summed E-state index contributed by atoms with van der Waals surface area (Å²) in [4.78, 5) is 8.92. The molecule has 0 fully saturated rings. The van der Waals surface area contributed by atoms with Crippen LogP contribution in [0.15, 0.2) is 152 Å². The Labute approximate surface area is 284 Å². The van der Waals surface area contributed by atoms with E-state index in [-0.39, 0.29) is 0 Å². The molecule has 2 bridgehead atoms. The van der Waals surface area contributed by atoms with Gasteiger partial charge in [0.25, 0.3) is 0 Å². The maximum absolute atomic E-state index is 9.45. The van der Waals surface area contributed by atoms with Gasteiger partial charge in [-0.15, -0.1) is 0 Å². The van der Waals surface area contributed by atoms with E-state index in [2.05, 4.69) is 108 Å². The lowest BCUT2D eigenvalue weighted by atomic mass is 9.96. The molecule has 1 aliphatic rings. The van der Waals surface area contributed by atoms with Gasteiger partial charge in [-0.25, -0.2) is 4.98 Å². The van der Waals surface area contributed by atoms with Crippen LogP contribution in [0.3, 0.4) is 0 Å². The van der Waals surface area contributed by atoms with Crippen LogP contribution in [0.5, 0.6) is 0 Å². The quantitative estimate of drug-likeness (QED) is 0.212. The van der Waals surface area contributed by atoms with Gasteiger partial charge < -0.3 is 4.98 Å². The number of fused-ring (bicyclic) bond motifs is 1. The Morgan fingerprint density at radius 1 is 0.490 bits per heavy atom. The lowest BCUT2D eigenvalue weighted by molar-refractivity contribution is 1.27. The Kier molecular flexibility index (Phi) is 7.59. The van der Waals surface area contributed by atoms with Crippen LogP contribution in [0.1, 0.15) is 22.4 Å². The molecule has 7 aromatic rings. The zero-order valence-electron chi connectivity index (χ0n) is 26.4. The standard InChI is InChI=1S/C45H28N4/c46-27-30-9-13-35(14-10-30)44-45(36-15-11-31(28-47)12-16-36)49-43-8-4-3-7-40(29-48-44)42-26-39(23-24-41(42)43)34-19-17-33(18-20-34)38-22-21-32-5-1-2-6-37(32)25-38/h1-26,29,48H/b7-3-,8-4-,40-29?,45-44?,49-43?. The molecule has 0 spiro atoms. The summed E-state index contributed by atoms with van der Waals surface area (Å²) in [5.41, 5.74) is 10.9. The van der Waals surface area contributed by atoms with Crippen molar-refractivity contribution in [2.24, 2.45) is 0 Å². The summed E-state index contributed by atoms with van der Waals surface area (Å²) < 4.78 is 0. The molecule has 0 unspecified atom stereocenters. The molecule has 0 amide bonds. The van der Waals surface area contributed by atoms with E-state index in [0.717, 1.165) is 55.7 Å². The molecule has 8 rings (SSSR count). The van der Waals surface area contributed by atoms with Gasteiger partial charge in [-0.2, -0.15) is 10.5 Å². The number of hydrogen-bond donors (Lipinski definition) is 1. The van der Waals surface area contributed by atoms with Gasteiger partial charge in [-0.05, 0) is 86.5 Å². The van der Waals surface area contributed by atoms with Crippen molar-refractivity contribution in [3.05, 3.63) is 174 Å². The third-order valence-electron chi connectivity index (χ3n) is 8.98. The average Bonchev–Trinajstić information content (AvgIpc) is 3.19. The van der Waals surface area contributed by atoms with Crippen molar-refractivity contribution in [3.8, 4) is 56.9 Å². The number of aromatic amines is 1. The fourth-order valence-electron chi connectivity index (χ4n) is 6.36. The summed E-state index contributed by atoms with van der Waals surface area (Å²) in [6.45, 7) is 0. The van der Waals surface area contributed by atoms with Gasteiger partial charge >= 0.3 is 0 Å². The first-order chi connectivity index (χ1) is 24.2. The predicted octanol–water partition coefficient (Wildman–Crippen LogP) is 11.3. The molecule has 0 saturated heterocycles. The van der Waals surface area contributed by atoms with Crippen molar-refractivity contribution in [2.75, 3.05) is 0 Å². The van der Waals surface area contributed by atoms with Gasteiger partial charge in [-0.1, -0.05) is 115 Å². The summed E-state index contributed by atoms with van der Waals surface area (Å²) >= 11 is 0. The summed E-state index contributed by atoms with van der Waals surface area (Å²) in [6, 6.07) is 49.7. The summed E-state index contributed by atoms with van der Waals surface area (Å²) in [5, 5.41) is 23.4. The van der Waals surface area contributed by atoms with Crippen LogP contribution in [-0.2, 0) is 0 Å². The smallest absolute Gasteiger partial charge is 0.0991 e. The maximum Gasteiger partial charge on any atom is 0.0991 e. The Bertz CT molecular complexity index is 2590. The second kappa shape index (κ2) is 12.6. The number of nitrogens with zero attached hydrogens (tertiary/aromatic N) is 3. The molecule has 1 N–H and O–H groups in total. The van der Waals surface area contributed by atoms with Crippen LogP contribution in [0.25, 0.3) is 78.5 Å². The predicted molar refractivity (Wildman–Crippen MR) is 200 cm³/mol. The molecular formula is C45H28N4. The van der Waals surface area contributed by atoms with E-state index >= 15 is 0 Å². The highest BCUT2D eigenvalue weighted by atomic mass is 14.8. The summed E-state index contributed by atoms with van der Waals surface area (Å²) in [6.07, 6.45) is 10.2. The highest BCUT2D eigenvalue weighted by Crippen LogP contribution is 2.34. The second-order valence-corrected chi connectivity index (χ2v) is 12.0. The number of rotatable bonds is 4. The van der Waals surface area contributed by atoms with E-state index < -0.39 is 0 Å². The van der Waals surface area contributed by atoms with Gasteiger partial charge in [0.2, 0.25) is 0 Å². The third kappa shape index (κ3) is 5.76. The molecule has 4 nitrogen and oxygen atoms in total. The van der Waals surface area contributed by atoms with Crippen molar-refractivity contribution >= 4 is 33.7 Å². The number of nitrogens with one attached hydrogen (secondary N) is 1. The van der Waals surface area contributed by atoms with Crippen LogP contribution < -0.4 is 0 Å². The van der Waals surface area contributed by atoms with Gasteiger partial charge in [0.15, 0.2) is 0 Å². The molecule has 0 aliphatic heterocycles. The normalized spacial score (nSPS) is 12.8. The van der Waals surface area contributed by atoms with Crippen molar-refractivity contribution in [2.45, 2.75) is 0 Å². The molecule has 0 saturated carbocycles. The van der Waals surface area contributed by atoms with Crippen molar-refractivity contribution in [1.82, 2.24) is 9.97 Å². The minimum atomic E-state index is 0.580. The van der Waals surface area contributed by atoms with Crippen molar-refractivity contribution < 1.29 is 0 Å². The lowest BCUT2D eigenvalue weighted by Crippen LogP contribution is -1.92. The first kappa shape index (κ1) is 29.4. The number of hydrogen-bond acceptors (Lipinski definition) is 3. The second-order valence-electron chi connectivity index (χ2n) is 12.0. The van der Waals surface area contributed by atoms with E-state index in [0.29, 0.717) is 11.1 Å². The Morgan fingerprint density at radius 3 is 1.76 bits per heavy atom. The Morgan fingerprint density at radius 2 is 1.06 bits per heavy atom. The molecule has 6 aromatic carbocycles. The minimum Gasteiger partial charge on any atom is -0.359 e. The monoisotopic (exact) mass is 624 g/mol. The SMILES string of the molecule is N#Cc1ccc(-c2nc3c4ccc(-c5ccc(-c6ccc7ccccc7c6)cc5)cc4c(c[nH]c2-c2ccc(C#N)cc2)/C=C\C=C/3)cc1. The van der Waals surface area contributed by atoms with E-state index in [1.165, 1.54) is 21.9 Å². The molecule has 0 radical (unpaired) electrons. The first-order valence-corrected chi connectivity index (χ1v) is 16.1. The highest BCUT2D eigenvalue weighted by Gasteiger charge is 2.13. The Balaban J connectivity index is 1.30. The van der Waals surface area contributed by atoms with Gasteiger partial charge in [0, 0.05) is 22.7 Å². The zero-order chi connectivity index (χ0) is 33.2. The van der Waals surface area contributed by atoms with Crippen molar-refractivity contribution in [1.29, 1.82) is 10.5 Å². The fourth-order valence-corrected chi connectivity index (χ4v) is 6.36. The van der Waals surface area contributed by atoms with Crippen LogP contribution in [0, 0.1) is 22.7 Å².